The van der Waals surface area contributed by atoms with Crippen LogP contribution in [0.4, 0.5) is 17.1 Å². The van der Waals surface area contributed by atoms with E-state index in [9.17, 15) is 0 Å². The molecule has 0 aliphatic carbocycles. The van der Waals surface area contributed by atoms with Crippen molar-refractivity contribution >= 4 is 39.7 Å². The molecule has 0 unspecified atom stereocenters. The molecule has 2 heterocycles. The molecule has 1 aliphatic heterocycles. The lowest BCUT2D eigenvalue weighted by molar-refractivity contribution is 1.17. The predicted octanol–water partition coefficient (Wildman–Crippen LogP) is 10.6. The first-order valence-corrected chi connectivity index (χ1v) is 14.8. The maximum Gasteiger partial charge on any atom is 0.160 e. The summed E-state index contributed by atoms with van der Waals surface area (Å²) in [4.78, 5) is 14.9. The summed E-state index contributed by atoms with van der Waals surface area (Å²) in [7, 11) is 0. The molecule has 6 aromatic carbocycles. The Morgan fingerprint density at radius 1 is 0.452 bits per heavy atom. The molecule has 4 heteroatoms. The third kappa shape index (κ3) is 4.33. The van der Waals surface area contributed by atoms with Crippen LogP contribution in [0, 0.1) is 0 Å². The lowest BCUT2D eigenvalue weighted by Gasteiger charge is -2.32. The smallest absolute Gasteiger partial charge is 0.160 e. The number of rotatable bonds is 4. The van der Waals surface area contributed by atoms with E-state index in [1.54, 1.807) is 0 Å². The topological polar surface area (TPSA) is 29.0 Å². The highest BCUT2D eigenvalue weighted by atomic mass is 32.2. The first kappa shape index (κ1) is 24.6. The molecular formula is C38H25N3S. The highest BCUT2D eigenvalue weighted by Crippen LogP contribution is 2.51. The fourth-order valence-electron chi connectivity index (χ4n) is 5.63. The fourth-order valence-corrected chi connectivity index (χ4v) is 6.69. The summed E-state index contributed by atoms with van der Waals surface area (Å²) < 4.78 is 0. The van der Waals surface area contributed by atoms with E-state index in [0.717, 1.165) is 50.4 Å². The number of para-hydroxylation sites is 2. The van der Waals surface area contributed by atoms with Gasteiger partial charge in [0.2, 0.25) is 0 Å². The van der Waals surface area contributed by atoms with Crippen LogP contribution in [0.25, 0.3) is 44.7 Å². The maximum absolute atomic E-state index is 5.04. The molecular weight excluding hydrogens is 531 g/mol. The molecule has 1 aromatic heterocycles. The zero-order valence-corrected chi connectivity index (χ0v) is 23.5. The van der Waals surface area contributed by atoms with Crippen LogP contribution in [0.5, 0.6) is 0 Å². The van der Waals surface area contributed by atoms with Gasteiger partial charge in [-0.2, -0.15) is 0 Å². The summed E-state index contributed by atoms with van der Waals surface area (Å²) in [6.45, 7) is 0. The van der Waals surface area contributed by atoms with E-state index in [1.165, 1.54) is 21.2 Å². The van der Waals surface area contributed by atoms with E-state index in [-0.39, 0.29) is 0 Å². The highest BCUT2D eigenvalue weighted by Gasteiger charge is 2.24. The summed E-state index contributed by atoms with van der Waals surface area (Å²) in [5.74, 6) is 0.731. The Bertz CT molecular complexity index is 2010. The molecule has 0 amide bonds. The minimum Gasteiger partial charge on any atom is -0.308 e. The highest BCUT2D eigenvalue weighted by molar-refractivity contribution is 7.99. The first-order valence-electron chi connectivity index (χ1n) is 14.0. The van der Waals surface area contributed by atoms with Crippen LogP contribution in [-0.2, 0) is 0 Å². The molecule has 1 aliphatic rings. The van der Waals surface area contributed by atoms with Crippen molar-refractivity contribution in [3.05, 3.63) is 152 Å². The van der Waals surface area contributed by atoms with Crippen molar-refractivity contribution < 1.29 is 0 Å². The zero-order valence-electron chi connectivity index (χ0n) is 22.7. The van der Waals surface area contributed by atoms with Crippen LogP contribution in [0.2, 0.25) is 0 Å². The van der Waals surface area contributed by atoms with E-state index in [0.29, 0.717) is 0 Å². The van der Waals surface area contributed by atoms with Gasteiger partial charge in [-0.1, -0.05) is 115 Å². The minimum absolute atomic E-state index is 0.731. The van der Waals surface area contributed by atoms with Gasteiger partial charge >= 0.3 is 0 Å². The van der Waals surface area contributed by atoms with Gasteiger partial charge in [-0.25, -0.2) is 9.97 Å². The molecule has 0 bridgehead atoms. The second-order valence-electron chi connectivity index (χ2n) is 10.3. The number of nitrogens with zero attached hydrogens (tertiary/aromatic N) is 3. The van der Waals surface area contributed by atoms with Crippen molar-refractivity contribution in [2.45, 2.75) is 9.79 Å². The molecule has 198 valence electrons. The first-order chi connectivity index (χ1) is 20.8. The van der Waals surface area contributed by atoms with Crippen LogP contribution in [0.15, 0.2) is 161 Å². The molecule has 0 saturated carbocycles. The van der Waals surface area contributed by atoms with Crippen molar-refractivity contribution in [3.63, 3.8) is 0 Å². The molecule has 8 rings (SSSR count). The summed E-state index contributed by atoms with van der Waals surface area (Å²) in [5.41, 5.74) is 9.79. The van der Waals surface area contributed by atoms with Crippen LogP contribution in [-0.4, -0.2) is 9.97 Å². The Morgan fingerprint density at radius 3 is 1.69 bits per heavy atom. The fraction of sp³-hybridized carbons (Fsp3) is 0. The van der Waals surface area contributed by atoms with Gasteiger partial charge in [0.05, 0.1) is 22.6 Å². The molecule has 0 N–H and O–H groups in total. The summed E-state index contributed by atoms with van der Waals surface area (Å²) in [6.07, 6.45) is 0. The SMILES string of the molecule is c1ccc(-c2nc(-c3ccccc3)c3ccc(-c4ccc(N5c6ccccc6Sc6ccccc65)cc4)cc3n2)cc1. The molecule has 3 nitrogen and oxygen atoms in total. The number of fused-ring (bicyclic) bond motifs is 3. The Kier molecular flexibility index (Phi) is 6.05. The van der Waals surface area contributed by atoms with Crippen LogP contribution in [0.3, 0.4) is 0 Å². The van der Waals surface area contributed by atoms with E-state index < -0.39 is 0 Å². The van der Waals surface area contributed by atoms with E-state index in [4.69, 9.17) is 9.97 Å². The molecule has 0 fully saturated rings. The third-order valence-corrected chi connectivity index (χ3v) is 8.80. The number of aromatic nitrogens is 2. The lowest BCUT2D eigenvalue weighted by atomic mass is 10.00. The average molecular weight is 556 g/mol. The Balaban J connectivity index is 1.22. The quantitative estimate of drug-likeness (QED) is 0.216. The number of benzene rings is 6. The second-order valence-corrected chi connectivity index (χ2v) is 11.4. The van der Waals surface area contributed by atoms with E-state index in [2.05, 4.69) is 132 Å². The Hall–Kier alpha value is -5.19. The van der Waals surface area contributed by atoms with Crippen molar-refractivity contribution in [1.82, 2.24) is 9.97 Å². The number of hydrogen-bond acceptors (Lipinski definition) is 4. The third-order valence-electron chi connectivity index (χ3n) is 7.67. The van der Waals surface area contributed by atoms with Gasteiger partial charge in [-0.15, -0.1) is 0 Å². The zero-order chi connectivity index (χ0) is 27.9. The number of anilines is 3. The Morgan fingerprint density at radius 2 is 1.02 bits per heavy atom. The van der Waals surface area contributed by atoms with Crippen molar-refractivity contribution in [2.75, 3.05) is 4.90 Å². The van der Waals surface area contributed by atoms with Gasteiger partial charge in [-0.05, 0) is 59.7 Å². The maximum atomic E-state index is 5.04. The Labute approximate surface area is 249 Å². The second kappa shape index (κ2) is 10.3. The van der Waals surface area contributed by atoms with E-state index in [1.807, 2.05) is 36.0 Å². The number of hydrogen-bond donors (Lipinski definition) is 0. The van der Waals surface area contributed by atoms with Crippen LogP contribution >= 0.6 is 11.8 Å². The van der Waals surface area contributed by atoms with Gasteiger partial charge in [0.15, 0.2) is 5.82 Å². The van der Waals surface area contributed by atoms with Gasteiger partial charge in [0, 0.05) is 32.0 Å². The van der Waals surface area contributed by atoms with Crippen LogP contribution in [0.1, 0.15) is 0 Å². The molecule has 7 aromatic rings. The van der Waals surface area contributed by atoms with Gasteiger partial charge < -0.3 is 4.90 Å². The average Bonchev–Trinajstić information content (AvgIpc) is 3.07. The predicted molar refractivity (Wildman–Crippen MR) is 175 cm³/mol. The molecule has 42 heavy (non-hydrogen) atoms. The standard InChI is InChI=1S/C38H25N3S/c1-3-11-27(12-4-1)37-31-24-21-29(25-32(31)39-38(40-37)28-13-5-2-6-14-28)26-19-22-30(23-20-26)41-33-15-7-9-17-35(33)42-36-18-10-8-16-34(36)41/h1-25H. The molecule has 0 atom stereocenters. The molecule has 0 radical (unpaired) electrons. The van der Waals surface area contributed by atoms with Gasteiger partial charge in [-0.3, -0.25) is 0 Å². The van der Waals surface area contributed by atoms with Crippen molar-refractivity contribution in [3.8, 4) is 33.8 Å². The summed E-state index contributed by atoms with van der Waals surface area (Å²) >= 11 is 1.83. The van der Waals surface area contributed by atoms with Crippen LogP contribution < -0.4 is 4.90 Å². The normalized spacial score (nSPS) is 12.1. The minimum atomic E-state index is 0.731. The molecule has 0 saturated heterocycles. The largest absolute Gasteiger partial charge is 0.308 e. The van der Waals surface area contributed by atoms with Crippen molar-refractivity contribution in [2.24, 2.45) is 0 Å². The van der Waals surface area contributed by atoms with Gasteiger partial charge in [0.25, 0.3) is 0 Å². The van der Waals surface area contributed by atoms with E-state index >= 15 is 0 Å². The summed E-state index contributed by atoms with van der Waals surface area (Å²) in [5, 5.41) is 1.04. The monoisotopic (exact) mass is 555 g/mol. The lowest BCUT2D eigenvalue weighted by Crippen LogP contribution is -2.14. The molecule has 0 spiro atoms. The van der Waals surface area contributed by atoms with Gasteiger partial charge in [0.1, 0.15) is 0 Å². The summed E-state index contributed by atoms with van der Waals surface area (Å²) in [6, 6.07) is 53.2. The van der Waals surface area contributed by atoms with Crippen molar-refractivity contribution in [1.29, 1.82) is 0 Å².